The molecular weight excluding hydrogens is 301 g/mol. The molecule has 0 aliphatic carbocycles. The number of hydrogen-bond donors (Lipinski definition) is 1. The van der Waals surface area contributed by atoms with Crippen molar-refractivity contribution in [3.63, 3.8) is 0 Å². The lowest BCUT2D eigenvalue weighted by molar-refractivity contribution is 0.0185. The Bertz CT molecular complexity index is 560. The number of ether oxygens (including phenoxy) is 2. The standard InChI is InChI=1S/C16H24FN3O3/c1-16(2,3)23-15(21)20-6-4-5-13(20)10-22-14-11(8-18)7-12(17)9-19-14/h7,9,13H,4-6,8,10,18H2,1-3H3. The second kappa shape index (κ2) is 7.12. The second-order valence-electron chi connectivity index (χ2n) is 6.60. The Kier molecular flexibility index (Phi) is 5.41. The SMILES string of the molecule is CC(C)(C)OC(=O)N1CCCC1COc1ncc(F)cc1CN. The fourth-order valence-electron chi connectivity index (χ4n) is 2.49. The van der Waals surface area contributed by atoms with Crippen LogP contribution in [0.25, 0.3) is 0 Å². The minimum Gasteiger partial charge on any atom is -0.475 e. The van der Waals surface area contributed by atoms with E-state index in [1.165, 1.54) is 6.07 Å². The van der Waals surface area contributed by atoms with Crippen molar-refractivity contribution in [1.29, 1.82) is 0 Å². The summed E-state index contributed by atoms with van der Waals surface area (Å²) >= 11 is 0. The van der Waals surface area contributed by atoms with Gasteiger partial charge >= 0.3 is 6.09 Å². The fourth-order valence-corrected chi connectivity index (χ4v) is 2.49. The summed E-state index contributed by atoms with van der Waals surface area (Å²) in [5, 5.41) is 0. The van der Waals surface area contributed by atoms with Crippen molar-refractivity contribution in [3.8, 4) is 5.88 Å². The topological polar surface area (TPSA) is 77.7 Å². The first-order valence-electron chi connectivity index (χ1n) is 7.77. The number of halogens is 1. The molecule has 0 radical (unpaired) electrons. The number of pyridine rings is 1. The summed E-state index contributed by atoms with van der Waals surface area (Å²) in [6.07, 6.45) is 2.48. The van der Waals surface area contributed by atoms with Gasteiger partial charge in [-0.1, -0.05) is 0 Å². The molecule has 2 rings (SSSR count). The van der Waals surface area contributed by atoms with Crippen molar-refractivity contribution in [2.45, 2.75) is 51.8 Å². The summed E-state index contributed by atoms with van der Waals surface area (Å²) in [5.74, 6) is -0.140. The Morgan fingerprint density at radius 2 is 2.26 bits per heavy atom. The molecule has 0 saturated carbocycles. The van der Waals surface area contributed by atoms with Gasteiger partial charge in [-0.3, -0.25) is 0 Å². The van der Waals surface area contributed by atoms with Crippen LogP contribution in [-0.2, 0) is 11.3 Å². The number of carbonyl (C=O) groups is 1. The van der Waals surface area contributed by atoms with Gasteiger partial charge in [0.1, 0.15) is 18.0 Å². The third-order valence-corrected chi connectivity index (χ3v) is 3.53. The van der Waals surface area contributed by atoms with Crippen molar-refractivity contribution >= 4 is 6.09 Å². The number of nitrogens with two attached hydrogens (primary N) is 1. The Hall–Kier alpha value is -1.89. The van der Waals surface area contributed by atoms with Crippen LogP contribution >= 0.6 is 0 Å². The number of amides is 1. The van der Waals surface area contributed by atoms with Gasteiger partial charge in [-0.2, -0.15) is 0 Å². The first-order chi connectivity index (χ1) is 10.8. The monoisotopic (exact) mass is 325 g/mol. The van der Waals surface area contributed by atoms with E-state index in [2.05, 4.69) is 4.98 Å². The third kappa shape index (κ3) is 4.79. The summed E-state index contributed by atoms with van der Waals surface area (Å²) in [4.78, 5) is 17.8. The lowest BCUT2D eigenvalue weighted by atomic mass is 10.2. The molecule has 1 aromatic heterocycles. The van der Waals surface area contributed by atoms with Gasteiger partial charge in [0.25, 0.3) is 0 Å². The van der Waals surface area contributed by atoms with E-state index in [1.54, 1.807) is 4.90 Å². The van der Waals surface area contributed by atoms with Crippen LogP contribution in [0.3, 0.4) is 0 Å². The molecule has 2 N–H and O–H groups in total. The van der Waals surface area contributed by atoms with Crippen molar-refractivity contribution in [3.05, 3.63) is 23.6 Å². The van der Waals surface area contributed by atoms with Gasteiger partial charge in [-0.05, 0) is 39.7 Å². The van der Waals surface area contributed by atoms with E-state index in [0.717, 1.165) is 19.0 Å². The lowest BCUT2D eigenvalue weighted by Crippen LogP contribution is -2.42. The minimum absolute atomic E-state index is 0.0812. The van der Waals surface area contributed by atoms with Gasteiger partial charge in [-0.15, -0.1) is 0 Å². The van der Waals surface area contributed by atoms with Crippen LogP contribution in [-0.4, -0.2) is 40.8 Å². The zero-order valence-corrected chi connectivity index (χ0v) is 13.8. The van der Waals surface area contributed by atoms with Crippen LogP contribution in [0, 0.1) is 5.82 Å². The van der Waals surface area contributed by atoms with Gasteiger partial charge in [0.2, 0.25) is 5.88 Å². The molecule has 1 amide bonds. The molecule has 1 aliphatic rings. The number of rotatable bonds is 4. The van der Waals surface area contributed by atoms with E-state index in [4.69, 9.17) is 15.2 Å². The molecule has 1 aliphatic heterocycles. The number of aromatic nitrogens is 1. The van der Waals surface area contributed by atoms with Gasteiger partial charge in [0, 0.05) is 18.7 Å². The van der Waals surface area contributed by atoms with Crippen molar-refractivity contribution in [2.24, 2.45) is 5.73 Å². The lowest BCUT2D eigenvalue weighted by Gasteiger charge is -2.28. The van der Waals surface area contributed by atoms with E-state index >= 15 is 0 Å². The maximum atomic E-state index is 13.2. The highest BCUT2D eigenvalue weighted by Crippen LogP contribution is 2.23. The van der Waals surface area contributed by atoms with Crippen LogP contribution in [0.1, 0.15) is 39.2 Å². The summed E-state index contributed by atoms with van der Waals surface area (Å²) in [6.45, 7) is 6.57. The van der Waals surface area contributed by atoms with Gasteiger partial charge in [0.15, 0.2) is 0 Å². The fraction of sp³-hybridized carbons (Fsp3) is 0.625. The van der Waals surface area contributed by atoms with Gasteiger partial charge < -0.3 is 20.1 Å². The molecule has 6 nitrogen and oxygen atoms in total. The van der Waals surface area contributed by atoms with Crippen LogP contribution in [0.4, 0.5) is 9.18 Å². The van der Waals surface area contributed by atoms with Gasteiger partial charge in [0.05, 0.1) is 12.2 Å². The average molecular weight is 325 g/mol. The third-order valence-electron chi connectivity index (χ3n) is 3.53. The van der Waals surface area contributed by atoms with Crippen LogP contribution in [0.5, 0.6) is 5.88 Å². The molecule has 1 aromatic rings. The van der Waals surface area contributed by atoms with Crippen molar-refractivity contribution < 1.29 is 18.7 Å². The zero-order valence-electron chi connectivity index (χ0n) is 13.8. The number of carbonyl (C=O) groups excluding carboxylic acids is 1. The largest absolute Gasteiger partial charge is 0.475 e. The Balaban J connectivity index is 1.98. The van der Waals surface area contributed by atoms with E-state index in [-0.39, 0.29) is 25.3 Å². The van der Waals surface area contributed by atoms with E-state index in [0.29, 0.717) is 18.0 Å². The molecule has 2 heterocycles. The highest BCUT2D eigenvalue weighted by Gasteiger charge is 2.32. The predicted molar refractivity (Wildman–Crippen MR) is 83.5 cm³/mol. The van der Waals surface area contributed by atoms with Crippen molar-refractivity contribution in [1.82, 2.24) is 9.88 Å². The highest BCUT2D eigenvalue weighted by atomic mass is 19.1. The summed E-state index contributed by atoms with van der Waals surface area (Å²) in [5.41, 5.74) is 5.55. The van der Waals surface area contributed by atoms with Crippen LogP contribution in [0.2, 0.25) is 0 Å². The summed E-state index contributed by atoms with van der Waals surface area (Å²) in [6, 6.07) is 1.23. The van der Waals surface area contributed by atoms with Gasteiger partial charge in [-0.25, -0.2) is 14.2 Å². The molecule has 0 spiro atoms. The molecule has 128 valence electrons. The highest BCUT2D eigenvalue weighted by molar-refractivity contribution is 5.69. The Morgan fingerprint density at radius 3 is 2.91 bits per heavy atom. The molecule has 1 unspecified atom stereocenters. The molecule has 1 saturated heterocycles. The first-order valence-corrected chi connectivity index (χ1v) is 7.77. The van der Waals surface area contributed by atoms with Crippen LogP contribution in [0.15, 0.2) is 12.3 Å². The number of hydrogen-bond acceptors (Lipinski definition) is 5. The maximum absolute atomic E-state index is 13.2. The maximum Gasteiger partial charge on any atom is 0.410 e. The summed E-state index contributed by atoms with van der Waals surface area (Å²) < 4.78 is 24.2. The average Bonchev–Trinajstić information content (AvgIpc) is 2.92. The molecule has 7 heteroatoms. The molecule has 0 bridgehead atoms. The molecule has 1 fully saturated rings. The summed E-state index contributed by atoms with van der Waals surface area (Å²) in [7, 11) is 0. The Labute approximate surface area is 135 Å². The predicted octanol–water partition coefficient (Wildman–Crippen LogP) is 2.46. The molecule has 1 atom stereocenters. The van der Waals surface area contributed by atoms with E-state index < -0.39 is 11.4 Å². The number of nitrogens with zero attached hydrogens (tertiary/aromatic N) is 2. The van der Waals surface area contributed by atoms with E-state index in [1.807, 2.05) is 20.8 Å². The molecule has 0 aromatic carbocycles. The first kappa shape index (κ1) is 17.5. The molecule has 23 heavy (non-hydrogen) atoms. The normalized spacial score (nSPS) is 18.1. The smallest absolute Gasteiger partial charge is 0.410 e. The zero-order chi connectivity index (χ0) is 17.0. The van der Waals surface area contributed by atoms with Crippen molar-refractivity contribution in [2.75, 3.05) is 13.2 Å². The van der Waals surface area contributed by atoms with E-state index in [9.17, 15) is 9.18 Å². The Morgan fingerprint density at radius 1 is 1.52 bits per heavy atom. The quantitative estimate of drug-likeness (QED) is 0.920. The van der Waals surface area contributed by atoms with Crippen LogP contribution < -0.4 is 10.5 Å². The second-order valence-corrected chi connectivity index (χ2v) is 6.60. The number of likely N-dealkylation sites (tertiary alicyclic amines) is 1. The minimum atomic E-state index is -0.531. The molecular formula is C16H24FN3O3.